The number of hydrogen-bond acceptors (Lipinski definition) is 5. The highest BCUT2D eigenvalue weighted by atomic mass is 32.2. The number of nitrogens with zero attached hydrogens (tertiary/aromatic N) is 2. The fourth-order valence-corrected chi connectivity index (χ4v) is 3.65. The van der Waals surface area contributed by atoms with E-state index < -0.39 is 10.0 Å². The molecule has 0 bridgehead atoms. The van der Waals surface area contributed by atoms with Crippen molar-refractivity contribution in [3.05, 3.63) is 59.2 Å². The van der Waals surface area contributed by atoms with Crippen LogP contribution in [0.5, 0.6) is 5.75 Å². The van der Waals surface area contributed by atoms with Crippen molar-refractivity contribution in [3.8, 4) is 5.75 Å². The molecule has 0 fully saturated rings. The summed E-state index contributed by atoms with van der Waals surface area (Å²) in [5, 5.41) is 6.52. The maximum absolute atomic E-state index is 12.2. The molecular weight excluding hydrogens is 416 g/mol. The number of sulfonamides is 1. The molecular formula is C22H32N4O4S. The second-order valence-corrected chi connectivity index (χ2v) is 9.31. The van der Waals surface area contributed by atoms with Crippen LogP contribution in [-0.4, -0.2) is 60.1 Å². The van der Waals surface area contributed by atoms with Gasteiger partial charge in [-0.15, -0.1) is 0 Å². The number of aliphatic imine (C=N–C) groups is 1. The van der Waals surface area contributed by atoms with E-state index in [1.807, 2.05) is 25.1 Å². The molecule has 0 aliphatic heterocycles. The van der Waals surface area contributed by atoms with Crippen LogP contribution in [0.15, 0.2) is 52.4 Å². The third-order valence-electron chi connectivity index (χ3n) is 4.60. The van der Waals surface area contributed by atoms with Gasteiger partial charge in [-0.1, -0.05) is 24.3 Å². The van der Waals surface area contributed by atoms with E-state index in [-0.39, 0.29) is 4.90 Å². The van der Waals surface area contributed by atoms with Crippen molar-refractivity contribution in [2.45, 2.75) is 24.9 Å². The van der Waals surface area contributed by atoms with Crippen molar-refractivity contribution in [3.63, 3.8) is 0 Å². The minimum Gasteiger partial charge on any atom is -0.491 e. The molecule has 2 rings (SSSR count). The van der Waals surface area contributed by atoms with Crippen molar-refractivity contribution in [2.75, 3.05) is 41.5 Å². The lowest BCUT2D eigenvalue weighted by atomic mass is 10.1. The second kappa shape index (κ2) is 11.7. The zero-order valence-electron chi connectivity index (χ0n) is 18.8. The number of aryl methyl sites for hydroxylation is 1. The van der Waals surface area contributed by atoms with E-state index in [1.165, 1.54) is 18.4 Å². The molecule has 0 spiro atoms. The van der Waals surface area contributed by atoms with Gasteiger partial charge in [0.05, 0.1) is 11.5 Å². The molecule has 2 N–H and O–H groups in total. The lowest BCUT2D eigenvalue weighted by Gasteiger charge is -2.16. The molecule has 31 heavy (non-hydrogen) atoms. The monoisotopic (exact) mass is 448 g/mol. The highest BCUT2D eigenvalue weighted by Crippen LogP contribution is 2.20. The summed E-state index contributed by atoms with van der Waals surface area (Å²) in [6, 6.07) is 12.9. The van der Waals surface area contributed by atoms with Crippen molar-refractivity contribution in [1.82, 2.24) is 14.9 Å². The number of benzene rings is 2. The zero-order valence-corrected chi connectivity index (χ0v) is 19.6. The van der Waals surface area contributed by atoms with Crippen LogP contribution in [0.3, 0.4) is 0 Å². The van der Waals surface area contributed by atoms with Gasteiger partial charge >= 0.3 is 0 Å². The average Bonchev–Trinajstić information content (AvgIpc) is 2.75. The Morgan fingerprint density at radius 2 is 1.71 bits per heavy atom. The van der Waals surface area contributed by atoms with Crippen molar-refractivity contribution in [1.29, 1.82) is 0 Å². The maximum Gasteiger partial charge on any atom is 0.242 e. The van der Waals surface area contributed by atoms with Gasteiger partial charge in [-0.25, -0.2) is 12.7 Å². The summed E-state index contributed by atoms with van der Waals surface area (Å²) >= 11 is 0. The Labute approximate surface area is 185 Å². The lowest BCUT2D eigenvalue weighted by molar-refractivity contribution is 0.145. The van der Waals surface area contributed by atoms with Crippen LogP contribution in [0.2, 0.25) is 0 Å². The normalized spacial score (nSPS) is 12.1. The van der Waals surface area contributed by atoms with Crippen LogP contribution in [0.4, 0.5) is 0 Å². The minimum atomic E-state index is -3.43. The summed E-state index contributed by atoms with van der Waals surface area (Å²) in [4.78, 5) is 4.52. The number of nitrogens with one attached hydrogen (secondary N) is 2. The SMILES string of the molecule is CN=C(NCc1ccc(S(=O)(=O)N(C)C)cc1)NCc1ccc(C)cc1OCCOC. The summed E-state index contributed by atoms with van der Waals surface area (Å²) in [6.07, 6.45) is 0. The molecule has 2 aromatic rings. The van der Waals surface area contributed by atoms with E-state index in [1.54, 1.807) is 38.4 Å². The summed E-state index contributed by atoms with van der Waals surface area (Å²) in [6.45, 7) is 4.09. The summed E-state index contributed by atoms with van der Waals surface area (Å²) in [5.41, 5.74) is 3.08. The average molecular weight is 449 g/mol. The van der Waals surface area contributed by atoms with Crippen LogP contribution < -0.4 is 15.4 Å². The highest BCUT2D eigenvalue weighted by molar-refractivity contribution is 7.89. The van der Waals surface area contributed by atoms with Crippen LogP contribution in [0.1, 0.15) is 16.7 Å². The minimum absolute atomic E-state index is 0.268. The van der Waals surface area contributed by atoms with Gasteiger partial charge < -0.3 is 20.1 Å². The molecule has 170 valence electrons. The summed E-state index contributed by atoms with van der Waals surface area (Å²) < 4.78 is 36.4. The molecule has 9 heteroatoms. The zero-order chi connectivity index (χ0) is 22.9. The molecule has 0 aliphatic carbocycles. The molecule has 0 radical (unpaired) electrons. The van der Waals surface area contributed by atoms with E-state index in [0.717, 1.165) is 22.4 Å². The number of rotatable bonds is 10. The first kappa shape index (κ1) is 24.6. The second-order valence-electron chi connectivity index (χ2n) is 7.16. The van der Waals surface area contributed by atoms with Gasteiger partial charge in [-0.05, 0) is 36.2 Å². The maximum atomic E-state index is 12.2. The van der Waals surface area contributed by atoms with Crippen LogP contribution in [0.25, 0.3) is 0 Å². The molecule has 0 amide bonds. The number of guanidine groups is 1. The Morgan fingerprint density at radius 1 is 1.03 bits per heavy atom. The fourth-order valence-electron chi connectivity index (χ4n) is 2.75. The number of methoxy groups -OCH3 is 1. The van der Waals surface area contributed by atoms with Crippen LogP contribution in [-0.2, 0) is 27.8 Å². The van der Waals surface area contributed by atoms with Crippen LogP contribution >= 0.6 is 0 Å². The van der Waals surface area contributed by atoms with Gasteiger partial charge in [0, 0.05) is 46.9 Å². The molecule has 0 aromatic heterocycles. The van der Waals surface area contributed by atoms with Gasteiger partial charge in [0.1, 0.15) is 12.4 Å². The van der Waals surface area contributed by atoms with E-state index in [4.69, 9.17) is 9.47 Å². The first-order valence-corrected chi connectivity index (χ1v) is 11.4. The standard InChI is InChI=1S/C22H32N4O4S/c1-17-6-9-19(21(14-17)30-13-12-29-5)16-25-22(23-2)24-15-18-7-10-20(11-8-18)31(27,28)26(3)4/h6-11,14H,12-13,15-16H2,1-5H3,(H2,23,24,25). The van der Waals surface area contributed by atoms with E-state index in [0.29, 0.717) is 32.3 Å². The largest absolute Gasteiger partial charge is 0.491 e. The first-order valence-electron chi connectivity index (χ1n) is 9.95. The Morgan fingerprint density at radius 3 is 2.32 bits per heavy atom. The smallest absolute Gasteiger partial charge is 0.242 e. The van der Waals surface area contributed by atoms with Crippen molar-refractivity contribution < 1.29 is 17.9 Å². The molecule has 0 unspecified atom stereocenters. The van der Waals surface area contributed by atoms with Gasteiger partial charge in [-0.3, -0.25) is 4.99 Å². The summed E-state index contributed by atoms with van der Waals surface area (Å²) in [7, 11) is 2.95. The van der Waals surface area contributed by atoms with Crippen molar-refractivity contribution in [2.24, 2.45) is 4.99 Å². The molecule has 0 saturated heterocycles. The van der Waals surface area contributed by atoms with E-state index in [2.05, 4.69) is 15.6 Å². The molecule has 0 atom stereocenters. The lowest BCUT2D eigenvalue weighted by Crippen LogP contribution is -2.36. The topological polar surface area (TPSA) is 92.3 Å². The Bertz CT molecular complexity index is 974. The van der Waals surface area contributed by atoms with Crippen molar-refractivity contribution >= 4 is 16.0 Å². The highest BCUT2D eigenvalue weighted by Gasteiger charge is 2.16. The Kier molecular flexibility index (Phi) is 9.29. The first-order chi connectivity index (χ1) is 14.8. The van der Waals surface area contributed by atoms with Crippen LogP contribution in [0, 0.1) is 6.92 Å². The van der Waals surface area contributed by atoms with Gasteiger partial charge in [0.25, 0.3) is 0 Å². The Hall–Kier alpha value is -2.62. The number of ether oxygens (including phenoxy) is 2. The Balaban J connectivity index is 1.95. The molecule has 0 saturated carbocycles. The predicted octanol–water partition coefficient (Wildman–Crippen LogP) is 2.14. The molecule has 2 aromatic carbocycles. The predicted molar refractivity (Wildman–Crippen MR) is 123 cm³/mol. The van der Waals surface area contributed by atoms with Gasteiger partial charge in [-0.2, -0.15) is 0 Å². The molecule has 0 heterocycles. The number of hydrogen-bond donors (Lipinski definition) is 2. The fraction of sp³-hybridized carbons (Fsp3) is 0.409. The quantitative estimate of drug-likeness (QED) is 0.329. The molecule has 0 aliphatic rings. The molecule has 8 nitrogen and oxygen atoms in total. The third-order valence-corrected chi connectivity index (χ3v) is 6.43. The summed E-state index contributed by atoms with van der Waals surface area (Å²) in [5.74, 6) is 1.45. The van der Waals surface area contributed by atoms with E-state index in [9.17, 15) is 8.42 Å². The van der Waals surface area contributed by atoms with Gasteiger partial charge in [0.2, 0.25) is 10.0 Å². The third kappa shape index (κ3) is 7.23. The van der Waals surface area contributed by atoms with E-state index >= 15 is 0 Å². The van der Waals surface area contributed by atoms with Gasteiger partial charge in [0.15, 0.2) is 5.96 Å².